The average molecular weight is 423 g/mol. The number of hydrogen-bond acceptors (Lipinski definition) is 5. The lowest BCUT2D eigenvalue weighted by molar-refractivity contribution is -0.121. The highest BCUT2D eigenvalue weighted by molar-refractivity contribution is 5.81. The Bertz CT molecular complexity index is 1030. The second-order valence-electron chi connectivity index (χ2n) is 6.53. The predicted octanol–water partition coefficient (Wildman–Crippen LogP) is 4.41. The molecule has 0 aliphatic heterocycles. The minimum absolute atomic E-state index is 0.0286. The molecule has 0 unspecified atom stereocenters. The van der Waals surface area contributed by atoms with Crippen molar-refractivity contribution in [1.82, 2.24) is 10.7 Å². The molecule has 31 heavy (non-hydrogen) atoms. The maximum Gasteiger partial charge on any atom is 0.407 e. The number of nitrogens with zero attached hydrogens (tertiary/aromatic N) is 1. The monoisotopic (exact) mass is 423 g/mol. The fraction of sp³-hybridized carbons (Fsp3) is 0.174. The van der Waals surface area contributed by atoms with Gasteiger partial charge in [-0.25, -0.2) is 14.6 Å². The van der Waals surface area contributed by atoms with Crippen LogP contribution in [0.25, 0.3) is 11.3 Å². The fourth-order valence-corrected chi connectivity index (χ4v) is 2.84. The van der Waals surface area contributed by atoms with E-state index in [9.17, 15) is 14.0 Å². The van der Waals surface area contributed by atoms with Crippen molar-refractivity contribution in [2.24, 2.45) is 5.10 Å². The molecule has 160 valence electrons. The number of hydrogen-bond donors (Lipinski definition) is 2. The number of alkyl carbamates (subject to hydrolysis) is 1. The number of benzene rings is 2. The van der Waals surface area contributed by atoms with Crippen molar-refractivity contribution in [2.45, 2.75) is 19.4 Å². The molecular weight excluding hydrogens is 401 g/mol. The second-order valence-corrected chi connectivity index (χ2v) is 6.53. The van der Waals surface area contributed by atoms with Crippen LogP contribution in [0.2, 0.25) is 0 Å². The zero-order valence-electron chi connectivity index (χ0n) is 16.9. The van der Waals surface area contributed by atoms with Gasteiger partial charge < -0.3 is 14.5 Å². The number of rotatable bonds is 8. The number of carbonyl (C=O) groups is 2. The molecule has 1 heterocycles. The molecule has 0 saturated heterocycles. The van der Waals surface area contributed by atoms with E-state index in [2.05, 4.69) is 15.8 Å². The Morgan fingerprint density at radius 3 is 2.55 bits per heavy atom. The zero-order chi connectivity index (χ0) is 22.1. The first-order chi connectivity index (χ1) is 15.0. The Morgan fingerprint density at radius 2 is 1.84 bits per heavy atom. The van der Waals surface area contributed by atoms with Crippen LogP contribution in [0.15, 0.2) is 76.2 Å². The summed E-state index contributed by atoms with van der Waals surface area (Å²) >= 11 is 0. The number of amides is 2. The molecule has 7 nitrogen and oxygen atoms in total. The molecule has 0 saturated carbocycles. The third-order valence-electron chi connectivity index (χ3n) is 4.30. The summed E-state index contributed by atoms with van der Waals surface area (Å²) in [4.78, 5) is 24.1. The highest BCUT2D eigenvalue weighted by Crippen LogP contribution is 2.21. The lowest BCUT2D eigenvalue weighted by Crippen LogP contribution is -2.33. The minimum Gasteiger partial charge on any atom is -0.455 e. The molecule has 1 atom stereocenters. The quantitative estimate of drug-likeness (QED) is 0.415. The molecule has 8 heteroatoms. The summed E-state index contributed by atoms with van der Waals surface area (Å²) in [5.41, 5.74) is 3.91. The second kappa shape index (κ2) is 10.7. The molecule has 2 amide bonds. The summed E-state index contributed by atoms with van der Waals surface area (Å²) in [5.74, 6) is 0.248. The molecule has 0 fully saturated rings. The maximum atomic E-state index is 13.0. The molecule has 3 aromatic rings. The van der Waals surface area contributed by atoms with Gasteiger partial charge in [0.05, 0.1) is 25.3 Å². The van der Waals surface area contributed by atoms with Crippen molar-refractivity contribution in [3.63, 3.8) is 0 Å². The first kappa shape index (κ1) is 21.8. The van der Waals surface area contributed by atoms with E-state index in [1.165, 1.54) is 18.3 Å². The van der Waals surface area contributed by atoms with Crippen molar-refractivity contribution >= 4 is 18.2 Å². The first-order valence-electron chi connectivity index (χ1n) is 9.71. The molecule has 2 N–H and O–H groups in total. The molecule has 0 spiro atoms. The van der Waals surface area contributed by atoms with Gasteiger partial charge in [-0.2, -0.15) is 5.10 Å². The van der Waals surface area contributed by atoms with Gasteiger partial charge in [0.25, 0.3) is 0 Å². The number of hydrazone groups is 1. The van der Waals surface area contributed by atoms with E-state index in [0.717, 1.165) is 11.1 Å². The van der Waals surface area contributed by atoms with Crippen molar-refractivity contribution in [3.05, 3.63) is 83.9 Å². The number of nitrogens with one attached hydrogen (secondary N) is 2. The molecular formula is C23H22FN3O4. The molecule has 3 rings (SSSR count). The zero-order valence-corrected chi connectivity index (χ0v) is 16.9. The normalized spacial score (nSPS) is 11.8. The number of furan rings is 1. The van der Waals surface area contributed by atoms with E-state index in [1.54, 1.807) is 31.2 Å². The van der Waals surface area contributed by atoms with Crippen LogP contribution in [0, 0.1) is 5.82 Å². The van der Waals surface area contributed by atoms with Crippen LogP contribution >= 0.6 is 0 Å². The van der Waals surface area contributed by atoms with Gasteiger partial charge in [-0.1, -0.05) is 30.3 Å². The van der Waals surface area contributed by atoms with E-state index >= 15 is 0 Å². The van der Waals surface area contributed by atoms with Gasteiger partial charge in [-0.15, -0.1) is 0 Å². The van der Waals surface area contributed by atoms with Gasteiger partial charge in [0.1, 0.15) is 17.3 Å². The van der Waals surface area contributed by atoms with E-state index in [1.807, 2.05) is 30.3 Å². The van der Waals surface area contributed by atoms with Crippen LogP contribution in [0.3, 0.4) is 0 Å². The lowest BCUT2D eigenvalue weighted by atomic mass is 10.0. The summed E-state index contributed by atoms with van der Waals surface area (Å²) in [6.07, 6.45) is 0.733. The van der Waals surface area contributed by atoms with E-state index in [4.69, 9.17) is 9.15 Å². The first-order valence-corrected chi connectivity index (χ1v) is 9.71. The van der Waals surface area contributed by atoms with Crippen LogP contribution in [-0.2, 0) is 9.53 Å². The third-order valence-corrected chi connectivity index (χ3v) is 4.30. The van der Waals surface area contributed by atoms with Crippen LogP contribution in [-0.4, -0.2) is 24.8 Å². The Labute approximate surface area is 178 Å². The number of halogens is 1. The summed E-state index contributed by atoms with van der Waals surface area (Å²) in [7, 11) is 0. The number of carbonyl (C=O) groups excluding carboxylic acids is 2. The third kappa shape index (κ3) is 6.53. The molecule has 0 bridgehead atoms. The van der Waals surface area contributed by atoms with Crippen LogP contribution < -0.4 is 10.7 Å². The van der Waals surface area contributed by atoms with Crippen LogP contribution in [0.1, 0.15) is 30.7 Å². The molecule has 2 aromatic carbocycles. The molecule has 1 aromatic heterocycles. The molecule has 0 aliphatic rings. The Hall–Kier alpha value is -3.94. The van der Waals surface area contributed by atoms with Gasteiger partial charge in [0.2, 0.25) is 5.91 Å². The summed E-state index contributed by atoms with van der Waals surface area (Å²) in [6, 6.07) is 17.9. The minimum atomic E-state index is -0.600. The maximum absolute atomic E-state index is 13.0. The van der Waals surface area contributed by atoms with Gasteiger partial charge >= 0.3 is 6.09 Å². The van der Waals surface area contributed by atoms with Crippen molar-refractivity contribution in [1.29, 1.82) is 0 Å². The standard InChI is InChI=1S/C23H22FN3O4/c1-2-30-23(29)26-20(16-6-4-3-5-7-16)14-22(28)27-25-15-19-12-13-21(31-19)17-8-10-18(24)11-9-17/h3-13,15,20H,2,14H2,1H3,(H,26,29)(H,27,28)/b25-15-/t20-/m1/s1. The summed E-state index contributed by atoms with van der Waals surface area (Å²) in [6.45, 7) is 1.93. The molecule has 0 aliphatic carbocycles. The van der Waals surface area contributed by atoms with Gasteiger partial charge in [0, 0.05) is 5.56 Å². The van der Waals surface area contributed by atoms with Gasteiger partial charge in [0.15, 0.2) is 0 Å². The topological polar surface area (TPSA) is 92.9 Å². The van der Waals surface area contributed by atoms with Gasteiger partial charge in [-0.3, -0.25) is 4.79 Å². The Balaban J connectivity index is 1.59. The van der Waals surface area contributed by atoms with Crippen LogP contribution in [0.5, 0.6) is 0 Å². The van der Waals surface area contributed by atoms with Crippen LogP contribution in [0.4, 0.5) is 9.18 Å². The summed E-state index contributed by atoms with van der Waals surface area (Å²) in [5, 5.41) is 6.58. The highest BCUT2D eigenvalue weighted by atomic mass is 19.1. The Morgan fingerprint density at radius 1 is 1.10 bits per heavy atom. The predicted molar refractivity (Wildman–Crippen MR) is 114 cm³/mol. The van der Waals surface area contributed by atoms with E-state index in [-0.39, 0.29) is 18.8 Å². The lowest BCUT2D eigenvalue weighted by Gasteiger charge is -2.17. The molecule has 0 radical (unpaired) electrons. The van der Waals surface area contributed by atoms with E-state index < -0.39 is 18.0 Å². The highest BCUT2D eigenvalue weighted by Gasteiger charge is 2.18. The fourth-order valence-electron chi connectivity index (χ4n) is 2.84. The average Bonchev–Trinajstić information content (AvgIpc) is 3.23. The smallest absolute Gasteiger partial charge is 0.407 e. The van der Waals surface area contributed by atoms with Crippen molar-refractivity contribution in [3.8, 4) is 11.3 Å². The van der Waals surface area contributed by atoms with Crippen molar-refractivity contribution in [2.75, 3.05) is 6.61 Å². The SMILES string of the molecule is CCOC(=O)N[C@H](CC(=O)N/N=C\c1ccc(-c2ccc(F)cc2)o1)c1ccccc1. The largest absolute Gasteiger partial charge is 0.455 e. The van der Waals surface area contributed by atoms with Gasteiger partial charge in [-0.05, 0) is 48.9 Å². The number of ether oxygens (including phenoxy) is 1. The Kier molecular flexibility index (Phi) is 7.53. The van der Waals surface area contributed by atoms with Crippen molar-refractivity contribution < 1.29 is 23.1 Å². The van der Waals surface area contributed by atoms with E-state index in [0.29, 0.717) is 11.5 Å². The summed E-state index contributed by atoms with van der Waals surface area (Å²) < 4.78 is 23.6.